The second-order valence-corrected chi connectivity index (χ2v) is 11.4. The van der Waals surface area contributed by atoms with Crippen molar-refractivity contribution in [2.24, 2.45) is 0 Å². The number of piperazine rings is 1. The molecule has 12 heteroatoms. The average Bonchev–Trinajstić information content (AvgIpc) is 3.55. The lowest BCUT2D eigenvalue weighted by Gasteiger charge is -2.39. The second-order valence-electron chi connectivity index (χ2n) is 11.4. The van der Waals surface area contributed by atoms with Crippen molar-refractivity contribution in [3.8, 4) is 6.07 Å². The smallest absolute Gasteiger partial charge is 0.416 e. The van der Waals surface area contributed by atoms with Crippen LogP contribution in [0.5, 0.6) is 0 Å². The molecule has 1 aromatic rings. The molecule has 0 saturated carbocycles. The van der Waals surface area contributed by atoms with Crippen LogP contribution in [0.25, 0.3) is 0 Å². The minimum atomic E-state index is -4.44. The number of fused-ring (bicyclic) bond motifs is 2. The molecule has 9 nitrogen and oxygen atoms in total. The first kappa shape index (κ1) is 28.7. The van der Waals surface area contributed by atoms with Crippen LogP contribution in [0.2, 0.25) is 0 Å². The third-order valence-electron chi connectivity index (χ3n) is 7.54. The van der Waals surface area contributed by atoms with E-state index >= 15 is 0 Å². The van der Waals surface area contributed by atoms with Crippen molar-refractivity contribution in [3.63, 3.8) is 0 Å². The Kier molecular flexibility index (Phi) is 7.85. The van der Waals surface area contributed by atoms with E-state index in [1.165, 1.54) is 17.0 Å². The van der Waals surface area contributed by atoms with Gasteiger partial charge in [-0.3, -0.25) is 14.5 Å². The standard InChI is InChI=1S/C27H34F3N5O4/c1-16(17-7-9-18(10-8-17)27(28,29)30)35-20-12-22(24(35)37)33(14-20)15-21(32-25(38)39-26(2,3)4)23(36)34-11-5-6-19(34)13-31/h7-10,16,19-22H,5-6,11-12,14-15H2,1-4H3,(H,32,38)/t16-,19-,20?,21-,22+/m0/s1. The average molecular weight is 550 g/mol. The Hall–Kier alpha value is -3.33. The Balaban J connectivity index is 1.47. The van der Waals surface area contributed by atoms with Gasteiger partial charge in [-0.05, 0) is 64.7 Å². The number of amides is 3. The first-order chi connectivity index (χ1) is 18.2. The Morgan fingerprint density at radius 2 is 1.87 bits per heavy atom. The topological polar surface area (TPSA) is 106 Å². The van der Waals surface area contributed by atoms with E-state index in [9.17, 15) is 32.8 Å². The van der Waals surface area contributed by atoms with E-state index in [4.69, 9.17) is 4.74 Å². The van der Waals surface area contributed by atoms with E-state index in [2.05, 4.69) is 11.4 Å². The summed E-state index contributed by atoms with van der Waals surface area (Å²) in [4.78, 5) is 44.5. The molecule has 3 amide bonds. The van der Waals surface area contributed by atoms with Gasteiger partial charge in [-0.1, -0.05) is 12.1 Å². The molecule has 5 atom stereocenters. The van der Waals surface area contributed by atoms with Crippen molar-refractivity contribution in [2.75, 3.05) is 19.6 Å². The van der Waals surface area contributed by atoms with E-state index in [0.29, 0.717) is 37.9 Å². The maximum absolute atomic E-state index is 13.4. The number of alkyl carbamates (subject to hydrolysis) is 1. The van der Waals surface area contributed by atoms with Gasteiger partial charge in [0.25, 0.3) is 0 Å². The maximum atomic E-state index is 13.4. The molecule has 3 aliphatic rings. The van der Waals surface area contributed by atoms with E-state index in [-0.39, 0.29) is 18.5 Å². The van der Waals surface area contributed by atoms with Crippen LogP contribution >= 0.6 is 0 Å². The van der Waals surface area contributed by atoms with Gasteiger partial charge in [-0.2, -0.15) is 18.4 Å². The second kappa shape index (κ2) is 10.7. The Morgan fingerprint density at radius 1 is 1.21 bits per heavy atom. The summed E-state index contributed by atoms with van der Waals surface area (Å²) < 4.78 is 44.2. The van der Waals surface area contributed by atoms with Crippen LogP contribution in [0.4, 0.5) is 18.0 Å². The highest BCUT2D eigenvalue weighted by molar-refractivity contribution is 5.88. The molecule has 1 unspecified atom stereocenters. The Morgan fingerprint density at radius 3 is 2.44 bits per heavy atom. The lowest BCUT2D eigenvalue weighted by molar-refractivity contribution is -0.141. The Labute approximate surface area is 225 Å². The van der Waals surface area contributed by atoms with E-state index < -0.39 is 53.5 Å². The predicted molar refractivity (Wildman–Crippen MR) is 134 cm³/mol. The zero-order valence-electron chi connectivity index (χ0n) is 22.5. The summed E-state index contributed by atoms with van der Waals surface area (Å²) >= 11 is 0. The molecule has 0 radical (unpaired) electrons. The minimum absolute atomic E-state index is 0.0716. The molecule has 0 aliphatic carbocycles. The normalized spacial score (nSPS) is 25.0. The van der Waals surface area contributed by atoms with Gasteiger partial charge in [0.15, 0.2) is 0 Å². The number of benzene rings is 1. The highest BCUT2D eigenvalue weighted by atomic mass is 19.4. The molecule has 1 N–H and O–H groups in total. The van der Waals surface area contributed by atoms with Crippen LogP contribution in [-0.4, -0.2) is 82.0 Å². The lowest BCUT2D eigenvalue weighted by atomic mass is 10.0. The fourth-order valence-electron chi connectivity index (χ4n) is 5.74. The molecule has 3 aliphatic heterocycles. The summed E-state index contributed by atoms with van der Waals surface area (Å²) in [6, 6.07) is 4.25. The first-order valence-corrected chi connectivity index (χ1v) is 13.1. The van der Waals surface area contributed by atoms with Crippen molar-refractivity contribution in [1.29, 1.82) is 5.26 Å². The number of hydrogen-bond donors (Lipinski definition) is 1. The number of rotatable bonds is 6. The summed E-state index contributed by atoms with van der Waals surface area (Å²) in [7, 11) is 0. The number of halogens is 3. The first-order valence-electron chi connectivity index (χ1n) is 13.1. The molecular weight excluding hydrogens is 515 g/mol. The molecule has 4 rings (SSSR count). The molecule has 0 spiro atoms. The van der Waals surface area contributed by atoms with Gasteiger partial charge in [0, 0.05) is 25.7 Å². The molecular formula is C27H34F3N5O4. The minimum Gasteiger partial charge on any atom is -0.444 e. The number of ether oxygens (including phenoxy) is 1. The van der Waals surface area contributed by atoms with E-state index in [1.807, 2.05) is 4.90 Å². The lowest BCUT2D eigenvalue weighted by Crippen LogP contribution is -2.59. The molecule has 3 fully saturated rings. The molecule has 3 saturated heterocycles. The van der Waals surface area contributed by atoms with Gasteiger partial charge in [-0.25, -0.2) is 4.79 Å². The van der Waals surface area contributed by atoms with Crippen molar-refractivity contribution in [3.05, 3.63) is 35.4 Å². The van der Waals surface area contributed by atoms with Gasteiger partial charge in [0.1, 0.15) is 17.7 Å². The van der Waals surface area contributed by atoms with Gasteiger partial charge < -0.3 is 19.9 Å². The van der Waals surface area contributed by atoms with Gasteiger partial charge >= 0.3 is 12.3 Å². The summed E-state index contributed by atoms with van der Waals surface area (Å²) in [5.41, 5.74) is -0.923. The van der Waals surface area contributed by atoms with Crippen LogP contribution in [0.1, 0.15) is 64.1 Å². The van der Waals surface area contributed by atoms with E-state index in [1.54, 1.807) is 32.6 Å². The van der Waals surface area contributed by atoms with Crippen molar-refractivity contribution in [2.45, 2.75) is 88.9 Å². The van der Waals surface area contributed by atoms with Gasteiger partial charge in [-0.15, -0.1) is 0 Å². The fraction of sp³-hybridized carbons (Fsp3) is 0.630. The zero-order valence-corrected chi connectivity index (χ0v) is 22.5. The molecule has 0 aromatic heterocycles. The molecule has 2 bridgehead atoms. The Bertz CT molecular complexity index is 1140. The van der Waals surface area contributed by atoms with Crippen molar-refractivity contribution < 1.29 is 32.3 Å². The number of nitrogens with one attached hydrogen (secondary N) is 1. The molecule has 39 heavy (non-hydrogen) atoms. The monoisotopic (exact) mass is 549 g/mol. The van der Waals surface area contributed by atoms with Gasteiger partial charge in [0.2, 0.25) is 11.8 Å². The predicted octanol–water partition coefficient (Wildman–Crippen LogP) is 3.46. The maximum Gasteiger partial charge on any atom is 0.416 e. The highest BCUT2D eigenvalue weighted by Crippen LogP contribution is 2.39. The summed E-state index contributed by atoms with van der Waals surface area (Å²) in [5.74, 6) is -0.562. The fourth-order valence-corrected chi connectivity index (χ4v) is 5.74. The number of carbonyl (C=O) groups is 3. The third-order valence-corrected chi connectivity index (χ3v) is 7.54. The van der Waals surface area contributed by atoms with Gasteiger partial charge in [0.05, 0.1) is 23.7 Å². The number of likely N-dealkylation sites (tertiary alicyclic amines) is 3. The molecule has 1 aromatic carbocycles. The van der Waals surface area contributed by atoms with E-state index in [0.717, 1.165) is 12.1 Å². The third kappa shape index (κ3) is 6.13. The van der Waals surface area contributed by atoms with Crippen LogP contribution in [0.15, 0.2) is 24.3 Å². The zero-order chi connectivity index (χ0) is 28.7. The SMILES string of the molecule is C[C@@H](c1ccc(C(F)(F)F)cc1)N1C(=O)[C@H]2CC1CN2C[C@H](NC(=O)OC(C)(C)C)C(=O)N1CCC[C@H]1C#N. The molecule has 212 valence electrons. The number of nitrogens with zero attached hydrogens (tertiary/aromatic N) is 4. The van der Waals surface area contributed by atoms with Crippen molar-refractivity contribution >= 4 is 17.9 Å². The number of hydrogen-bond acceptors (Lipinski definition) is 6. The number of carbonyl (C=O) groups excluding carboxylic acids is 3. The summed E-state index contributed by atoms with van der Waals surface area (Å²) in [5, 5.41) is 12.1. The number of nitriles is 1. The van der Waals surface area contributed by atoms with Crippen molar-refractivity contribution in [1.82, 2.24) is 20.0 Å². The van der Waals surface area contributed by atoms with Crippen LogP contribution in [-0.2, 0) is 20.5 Å². The van der Waals surface area contributed by atoms with Crippen LogP contribution in [0, 0.1) is 11.3 Å². The summed E-state index contributed by atoms with van der Waals surface area (Å²) in [6.07, 6.45) is -3.43. The largest absolute Gasteiger partial charge is 0.444 e. The molecule has 3 heterocycles. The number of alkyl halides is 3. The summed E-state index contributed by atoms with van der Waals surface area (Å²) in [6.45, 7) is 7.84. The van der Waals surface area contributed by atoms with Crippen LogP contribution < -0.4 is 5.32 Å². The van der Waals surface area contributed by atoms with Crippen LogP contribution in [0.3, 0.4) is 0 Å². The quantitative estimate of drug-likeness (QED) is 0.583. The highest BCUT2D eigenvalue weighted by Gasteiger charge is 2.52.